The van der Waals surface area contributed by atoms with Crippen molar-refractivity contribution >= 4 is 0 Å². The summed E-state index contributed by atoms with van der Waals surface area (Å²) in [5, 5.41) is 13.5. The summed E-state index contributed by atoms with van der Waals surface area (Å²) in [7, 11) is 0. The first-order chi connectivity index (χ1) is 9.10. The Kier molecular flexibility index (Phi) is 20.2. The molecule has 0 spiro atoms. The van der Waals surface area contributed by atoms with E-state index in [0.29, 0.717) is 19.3 Å². The molecule has 4 heteroatoms. The van der Waals surface area contributed by atoms with Gasteiger partial charge in [-0.25, -0.2) is 0 Å². The van der Waals surface area contributed by atoms with Gasteiger partial charge in [0.15, 0.2) is 0 Å². The molecule has 0 bridgehead atoms. The Labute approximate surface area is 171 Å². The van der Waals surface area contributed by atoms with Crippen molar-refractivity contribution in [3.05, 3.63) is 56.7 Å². The fourth-order valence-electron chi connectivity index (χ4n) is 1.88. The van der Waals surface area contributed by atoms with E-state index < -0.39 is 5.60 Å². The number of nitrogens with one attached hydrogen (secondary N) is 1. The summed E-state index contributed by atoms with van der Waals surface area (Å²) in [6.45, 7) is 16.2. The third-order valence-corrected chi connectivity index (χ3v) is 2.94. The molecule has 119 valence electrons. The van der Waals surface area contributed by atoms with E-state index in [9.17, 15) is 5.11 Å². The molecule has 0 aliphatic carbocycles. The summed E-state index contributed by atoms with van der Waals surface area (Å²) in [5.74, 6) is 0. The standard InChI is InChI=1S/C15H22NO.C2H6.W.Y/c1-4-11-15(3,17)14(5-2)16-12-13-9-7-6-8-10-13;1-2;;/h6-10,14,16-17H,1-5,11-12H2;1-2H3;;/q-3;;;/t14-,15+;;;/m0.../s1. The summed E-state index contributed by atoms with van der Waals surface area (Å²) in [4.78, 5) is 0. The maximum atomic E-state index is 10.2. The van der Waals surface area contributed by atoms with Gasteiger partial charge in [-0.05, 0) is 17.2 Å². The van der Waals surface area contributed by atoms with Crippen LogP contribution in [0.3, 0.4) is 0 Å². The Hall–Kier alpha value is 0.932. The second kappa shape index (κ2) is 15.8. The number of rotatable bonds is 7. The van der Waals surface area contributed by atoms with E-state index >= 15 is 0 Å². The van der Waals surface area contributed by atoms with Crippen molar-refractivity contribution in [2.24, 2.45) is 0 Å². The van der Waals surface area contributed by atoms with Gasteiger partial charge in [0, 0.05) is 60.3 Å². The third kappa shape index (κ3) is 11.2. The topological polar surface area (TPSA) is 32.3 Å². The van der Waals surface area contributed by atoms with E-state index in [2.05, 4.69) is 38.2 Å². The van der Waals surface area contributed by atoms with Gasteiger partial charge in [-0.3, -0.25) is 0 Å². The monoisotopic (exact) mass is 535 g/mol. The fourth-order valence-corrected chi connectivity index (χ4v) is 1.88. The number of hydrogen-bond donors (Lipinski definition) is 2. The molecular weight excluding hydrogens is 507 g/mol. The van der Waals surface area contributed by atoms with Crippen LogP contribution in [0.4, 0.5) is 0 Å². The number of benzene rings is 1. The largest absolute Gasteiger partial charge is 0.421 e. The Bertz CT molecular complexity index is 320. The van der Waals surface area contributed by atoms with Crippen molar-refractivity contribution < 1.29 is 58.9 Å². The Morgan fingerprint density at radius 1 is 1.19 bits per heavy atom. The van der Waals surface area contributed by atoms with Gasteiger partial charge < -0.3 is 31.2 Å². The van der Waals surface area contributed by atoms with Crippen LogP contribution >= 0.6 is 0 Å². The van der Waals surface area contributed by atoms with E-state index in [1.165, 1.54) is 5.56 Å². The predicted molar refractivity (Wildman–Crippen MR) is 83.3 cm³/mol. The smallest absolute Gasteiger partial charge is 0.0207 e. The molecular formula is C17H28NOWY-3. The van der Waals surface area contributed by atoms with Crippen molar-refractivity contribution in [3.8, 4) is 0 Å². The minimum atomic E-state index is -0.988. The SMILES string of the molecule is CC.[CH2-]CC[C@@]([CH2-])(O)[C@H](C[CH2-])NCc1ccccc1.[W].[Y]. The molecule has 2 nitrogen and oxygen atoms in total. The van der Waals surface area contributed by atoms with Crippen molar-refractivity contribution in [3.63, 3.8) is 0 Å². The van der Waals surface area contributed by atoms with Crippen molar-refractivity contribution in [2.75, 3.05) is 0 Å². The molecule has 0 amide bonds. The second-order valence-electron chi connectivity index (χ2n) is 4.41. The number of aliphatic hydroxyl groups is 1. The molecule has 2 N–H and O–H groups in total. The molecule has 0 fully saturated rings. The van der Waals surface area contributed by atoms with Crippen LogP contribution in [0.2, 0.25) is 0 Å². The van der Waals surface area contributed by atoms with E-state index in [0.717, 1.165) is 6.54 Å². The van der Waals surface area contributed by atoms with Crippen LogP contribution in [0.1, 0.15) is 38.7 Å². The summed E-state index contributed by atoms with van der Waals surface area (Å²) in [5.41, 5.74) is 0.203. The first kappa shape index (κ1) is 26.8. The van der Waals surface area contributed by atoms with E-state index in [4.69, 9.17) is 0 Å². The first-order valence-corrected chi connectivity index (χ1v) is 7.03. The Balaban J connectivity index is -0.000000774. The minimum absolute atomic E-state index is 0. The fraction of sp³-hybridized carbons (Fsp3) is 0.471. The maximum absolute atomic E-state index is 10.2. The quantitative estimate of drug-likeness (QED) is 0.524. The van der Waals surface area contributed by atoms with Crippen molar-refractivity contribution in [1.29, 1.82) is 0 Å². The average molecular weight is 535 g/mol. The van der Waals surface area contributed by atoms with Crippen LogP contribution < -0.4 is 5.32 Å². The molecule has 1 radical (unpaired) electrons. The Morgan fingerprint density at radius 3 is 2.14 bits per heavy atom. The van der Waals surface area contributed by atoms with Crippen molar-refractivity contribution in [1.82, 2.24) is 5.32 Å². The van der Waals surface area contributed by atoms with Crippen LogP contribution in [0.25, 0.3) is 0 Å². The molecule has 1 rings (SSSR count). The van der Waals surface area contributed by atoms with Gasteiger partial charge in [-0.15, -0.1) is 0 Å². The van der Waals surface area contributed by atoms with Crippen molar-refractivity contribution in [2.45, 2.75) is 51.3 Å². The van der Waals surface area contributed by atoms with Gasteiger partial charge in [0.1, 0.15) is 0 Å². The average Bonchev–Trinajstić information content (AvgIpc) is 2.42. The van der Waals surface area contributed by atoms with E-state index in [1.54, 1.807) is 0 Å². The second-order valence-corrected chi connectivity index (χ2v) is 4.41. The summed E-state index contributed by atoms with van der Waals surface area (Å²) < 4.78 is 0. The molecule has 0 aromatic heterocycles. The van der Waals surface area contributed by atoms with Crippen LogP contribution in [0.15, 0.2) is 30.3 Å². The molecule has 21 heavy (non-hydrogen) atoms. The maximum Gasteiger partial charge on any atom is 0.0207 e. The minimum Gasteiger partial charge on any atom is -0.421 e. The molecule has 0 heterocycles. The van der Waals surface area contributed by atoms with E-state index in [-0.39, 0.29) is 59.8 Å². The van der Waals surface area contributed by atoms with Gasteiger partial charge >= 0.3 is 0 Å². The van der Waals surface area contributed by atoms with Gasteiger partial charge in [0.05, 0.1) is 0 Å². The van der Waals surface area contributed by atoms with Gasteiger partial charge in [0.25, 0.3) is 0 Å². The van der Waals surface area contributed by atoms with Gasteiger partial charge in [-0.2, -0.15) is 12.8 Å². The molecule has 0 saturated carbocycles. The zero-order valence-corrected chi connectivity index (χ0v) is 19.1. The summed E-state index contributed by atoms with van der Waals surface area (Å²) in [6.07, 6.45) is 1.85. The van der Waals surface area contributed by atoms with E-state index in [1.807, 2.05) is 32.0 Å². The van der Waals surface area contributed by atoms with Crippen LogP contribution in [-0.4, -0.2) is 16.7 Å². The molecule has 1 aromatic rings. The molecule has 0 unspecified atom stereocenters. The van der Waals surface area contributed by atoms with Gasteiger partial charge in [-0.1, -0.05) is 50.6 Å². The molecule has 0 saturated heterocycles. The third-order valence-electron chi connectivity index (χ3n) is 2.94. The van der Waals surface area contributed by atoms with Gasteiger partial charge in [0.2, 0.25) is 0 Å². The van der Waals surface area contributed by atoms with Crippen LogP contribution in [0, 0.1) is 20.8 Å². The Morgan fingerprint density at radius 2 is 1.71 bits per heavy atom. The molecule has 2 atom stereocenters. The summed E-state index contributed by atoms with van der Waals surface area (Å²) in [6, 6.07) is 9.99. The predicted octanol–water partition coefficient (Wildman–Crippen LogP) is 3.57. The molecule has 0 aliphatic heterocycles. The zero-order chi connectivity index (χ0) is 14.7. The molecule has 0 aliphatic rings. The van der Waals surface area contributed by atoms with Crippen LogP contribution in [-0.2, 0) is 60.3 Å². The van der Waals surface area contributed by atoms with Crippen LogP contribution in [0.5, 0.6) is 0 Å². The summed E-state index contributed by atoms with van der Waals surface area (Å²) >= 11 is 0. The first-order valence-electron chi connectivity index (χ1n) is 7.03. The number of hydrogen-bond acceptors (Lipinski definition) is 2. The molecule has 1 aromatic carbocycles. The zero-order valence-electron chi connectivity index (χ0n) is 13.3. The normalized spacial score (nSPS) is 13.6.